The van der Waals surface area contributed by atoms with Crippen LogP contribution in [0.4, 0.5) is 19.0 Å². The molecule has 0 saturated carbocycles. The van der Waals surface area contributed by atoms with E-state index in [2.05, 4.69) is 25.9 Å². The number of alkyl halides is 3. The van der Waals surface area contributed by atoms with Crippen molar-refractivity contribution in [3.63, 3.8) is 0 Å². The lowest BCUT2D eigenvalue weighted by Crippen LogP contribution is -2.24. The third-order valence-corrected chi connectivity index (χ3v) is 6.81. The lowest BCUT2D eigenvalue weighted by molar-refractivity contribution is -0.137. The number of hydrogen-bond donors (Lipinski definition) is 4. The molecule has 2 aromatic carbocycles. The quantitative estimate of drug-likeness (QED) is 0.125. The molecule has 3 heterocycles. The molecule has 0 radical (unpaired) electrons. The van der Waals surface area contributed by atoms with Gasteiger partial charge in [-0.15, -0.1) is 0 Å². The molecule has 0 saturated heterocycles. The first kappa shape index (κ1) is 28.2. The largest absolute Gasteiger partial charge is 0.416 e. The van der Waals surface area contributed by atoms with Crippen LogP contribution in [0.15, 0.2) is 67.0 Å². The Morgan fingerprint density at radius 3 is 2.44 bits per heavy atom. The maximum Gasteiger partial charge on any atom is 0.416 e. The van der Waals surface area contributed by atoms with Gasteiger partial charge in [0, 0.05) is 59.1 Å². The molecule has 0 atom stereocenters. The average Bonchev–Trinajstić information content (AvgIpc) is 2.96. The van der Waals surface area contributed by atoms with Gasteiger partial charge in [0.15, 0.2) is 0 Å². The maximum atomic E-state index is 12.9. The van der Waals surface area contributed by atoms with Gasteiger partial charge in [-0.1, -0.05) is 12.1 Å². The number of nitrogens with two attached hydrogens (primary N) is 1. The lowest BCUT2D eigenvalue weighted by atomic mass is 10.1. The molecular weight excluding hydrogens is 531 g/mol. The molecule has 0 bridgehead atoms. The highest BCUT2D eigenvalue weighted by atomic mass is 19.4. The lowest BCUT2D eigenvalue weighted by Gasteiger charge is -2.12. The van der Waals surface area contributed by atoms with Gasteiger partial charge in [-0.05, 0) is 68.4 Å². The van der Waals surface area contributed by atoms with Crippen LogP contribution >= 0.6 is 0 Å². The van der Waals surface area contributed by atoms with E-state index in [4.69, 9.17) is 10.7 Å². The fourth-order valence-electron chi connectivity index (χ4n) is 4.69. The minimum Gasteiger partial charge on any atom is -0.368 e. The van der Waals surface area contributed by atoms with E-state index in [-0.39, 0.29) is 0 Å². The number of amides is 1. The second kappa shape index (κ2) is 12.4. The highest BCUT2D eigenvalue weighted by Gasteiger charge is 2.30. The molecule has 0 aliphatic heterocycles. The highest BCUT2D eigenvalue weighted by Crippen LogP contribution is 2.31. The Balaban J connectivity index is 1.03. The minimum absolute atomic E-state index is 0.409. The average molecular weight is 562 g/mol. The summed E-state index contributed by atoms with van der Waals surface area (Å²) in [5.74, 6) is 0.232. The van der Waals surface area contributed by atoms with Crippen molar-refractivity contribution < 1.29 is 18.0 Å². The van der Waals surface area contributed by atoms with Gasteiger partial charge in [-0.25, -0.2) is 4.98 Å². The van der Waals surface area contributed by atoms with Crippen LogP contribution in [0.5, 0.6) is 0 Å². The number of pyridine rings is 3. The summed E-state index contributed by atoms with van der Waals surface area (Å²) in [7, 11) is 0. The van der Waals surface area contributed by atoms with Gasteiger partial charge in [-0.2, -0.15) is 13.2 Å². The molecule has 0 unspecified atom stereocenters. The number of aromatic nitrogens is 3. The van der Waals surface area contributed by atoms with Gasteiger partial charge in [0.1, 0.15) is 5.82 Å². The maximum absolute atomic E-state index is 12.9. The zero-order valence-electron chi connectivity index (χ0n) is 22.3. The SMILES string of the molecule is NC(=O)c1ccc2c(c1)nc(NCCNCCCCNCc1ccc3cc(C(F)(F)F)ccc3n1)c1ccncc12. The summed E-state index contributed by atoms with van der Waals surface area (Å²) in [6.45, 7) is 3.63. The van der Waals surface area contributed by atoms with Gasteiger partial charge >= 0.3 is 6.18 Å². The van der Waals surface area contributed by atoms with Crippen LogP contribution in [0, 0.1) is 0 Å². The molecule has 5 N–H and O–H groups in total. The second-order valence-corrected chi connectivity index (χ2v) is 9.75. The molecular formula is C30H30F3N7O. The first-order valence-corrected chi connectivity index (χ1v) is 13.4. The molecule has 5 rings (SSSR count). The second-order valence-electron chi connectivity index (χ2n) is 9.75. The molecule has 1 amide bonds. The first-order valence-electron chi connectivity index (χ1n) is 13.4. The summed E-state index contributed by atoms with van der Waals surface area (Å²) in [4.78, 5) is 25.1. The van der Waals surface area contributed by atoms with Crippen molar-refractivity contribution in [3.05, 3.63) is 83.8 Å². The number of carbonyl (C=O) groups excluding carboxylic acids is 1. The first-order chi connectivity index (χ1) is 19.8. The van der Waals surface area contributed by atoms with Crippen molar-refractivity contribution in [2.75, 3.05) is 31.5 Å². The number of primary amides is 1. The number of nitrogens with zero attached hydrogens (tertiary/aromatic N) is 3. The zero-order valence-corrected chi connectivity index (χ0v) is 22.3. The van der Waals surface area contributed by atoms with Crippen molar-refractivity contribution in [3.8, 4) is 0 Å². The van der Waals surface area contributed by atoms with Crippen molar-refractivity contribution in [1.82, 2.24) is 25.6 Å². The Kier molecular flexibility index (Phi) is 8.55. The van der Waals surface area contributed by atoms with Crippen LogP contribution in [0.2, 0.25) is 0 Å². The van der Waals surface area contributed by atoms with Crippen LogP contribution < -0.4 is 21.7 Å². The number of hydrogen-bond acceptors (Lipinski definition) is 7. The van der Waals surface area contributed by atoms with E-state index in [9.17, 15) is 18.0 Å². The van der Waals surface area contributed by atoms with E-state index in [1.54, 1.807) is 36.7 Å². The smallest absolute Gasteiger partial charge is 0.368 e. The molecule has 0 aliphatic carbocycles. The number of carbonyl (C=O) groups is 1. The Labute approximate surface area is 234 Å². The van der Waals surface area contributed by atoms with Gasteiger partial charge in [0.2, 0.25) is 5.91 Å². The third kappa shape index (κ3) is 6.87. The molecule has 3 aromatic heterocycles. The van der Waals surface area contributed by atoms with E-state index in [1.165, 1.54) is 6.07 Å². The summed E-state index contributed by atoms with van der Waals surface area (Å²) in [5, 5.41) is 13.4. The Morgan fingerprint density at radius 2 is 1.63 bits per heavy atom. The van der Waals surface area contributed by atoms with Crippen LogP contribution in [-0.4, -0.2) is 47.0 Å². The van der Waals surface area contributed by atoms with E-state index >= 15 is 0 Å². The predicted molar refractivity (Wildman–Crippen MR) is 155 cm³/mol. The molecule has 0 aliphatic rings. The number of nitrogens with one attached hydrogen (secondary N) is 3. The third-order valence-electron chi connectivity index (χ3n) is 6.81. The molecule has 11 heteroatoms. The number of anilines is 1. The van der Waals surface area contributed by atoms with E-state index in [0.29, 0.717) is 35.1 Å². The molecule has 0 spiro atoms. The number of fused-ring (bicyclic) bond motifs is 4. The summed E-state index contributed by atoms with van der Waals surface area (Å²) < 4.78 is 38.7. The number of benzene rings is 2. The fraction of sp³-hybridized carbons (Fsp3) is 0.267. The van der Waals surface area contributed by atoms with Crippen LogP contribution in [-0.2, 0) is 12.7 Å². The predicted octanol–water partition coefficient (Wildman–Crippen LogP) is 5.02. The van der Waals surface area contributed by atoms with Crippen molar-refractivity contribution in [1.29, 1.82) is 0 Å². The van der Waals surface area contributed by atoms with Gasteiger partial charge in [0.25, 0.3) is 0 Å². The van der Waals surface area contributed by atoms with Gasteiger partial charge in [0.05, 0.1) is 22.3 Å². The Bertz CT molecular complexity index is 1690. The minimum atomic E-state index is -4.36. The Hall–Kier alpha value is -4.35. The van der Waals surface area contributed by atoms with E-state index < -0.39 is 17.6 Å². The molecule has 212 valence electrons. The molecule has 8 nitrogen and oxygen atoms in total. The summed E-state index contributed by atoms with van der Waals surface area (Å²) in [6, 6.07) is 14.2. The zero-order chi connectivity index (χ0) is 28.8. The Morgan fingerprint density at radius 1 is 0.805 bits per heavy atom. The molecule has 5 aromatic rings. The number of rotatable bonds is 12. The molecule has 41 heavy (non-hydrogen) atoms. The topological polar surface area (TPSA) is 118 Å². The van der Waals surface area contributed by atoms with Crippen molar-refractivity contribution in [2.24, 2.45) is 5.73 Å². The molecule has 0 fully saturated rings. The summed E-state index contributed by atoms with van der Waals surface area (Å²) in [6.07, 6.45) is 1.12. The van der Waals surface area contributed by atoms with Crippen LogP contribution in [0.25, 0.3) is 32.6 Å². The monoisotopic (exact) mass is 561 g/mol. The van der Waals surface area contributed by atoms with E-state index in [1.807, 2.05) is 12.1 Å². The summed E-state index contributed by atoms with van der Waals surface area (Å²) in [5.41, 5.74) is 7.20. The highest BCUT2D eigenvalue weighted by molar-refractivity contribution is 6.11. The van der Waals surface area contributed by atoms with Crippen LogP contribution in [0.1, 0.15) is 34.5 Å². The fourth-order valence-corrected chi connectivity index (χ4v) is 4.69. The summed E-state index contributed by atoms with van der Waals surface area (Å²) >= 11 is 0. The van der Waals surface area contributed by atoms with Crippen molar-refractivity contribution in [2.45, 2.75) is 25.6 Å². The number of unbranched alkanes of at least 4 members (excludes halogenated alkanes) is 1. The number of halogens is 3. The standard InChI is InChI=1S/C30H30F3N7O/c31-30(32,33)21-5-8-26-19(15-21)3-6-22(39-26)17-36-11-2-1-10-35-13-14-38-29-24-9-12-37-18-25(24)23-7-4-20(28(34)41)16-27(23)40-29/h3-9,12,15-16,18,35-36H,1-2,10-11,13-14,17H2,(H2,34,41)(H,38,40). The van der Waals surface area contributed by atoms with Crippen molar-refractivity contribution >= 4 is 44.3 Å². The van der Waals surface area contributed by atoms with Crippen LogP contribution in [0.3, 0.4) is 0 Å². The normalized spacial score (nSPS) is 11.9. The van der Waals surface area contributed by atoms with Gasteiger partial charge < -0.3 is 21.7 Å². The van der Waals surface area contributed by atoms with Gasteiger partial charge in [-0.3, -0.25) is 14.8 Å². The van der Waals surface area contributed by atoms with E-state index in [0.717, 1.165) is 72.3 Å².